The number of aryl methyl sites for hydroxylation is 1. The summed E-state index contributed by atoms with van der Waals surface area (Å²) in [4.78, 5) is 4.53. The van der Waals surface area contributed by atoms with Crippen molar-refractivity contribution in [3.63, 3.8) is 0 Å². The van der Waals surface area contributed by atoms with E-state index >= 15 is 0 Å². The first kappa shape index (κ1) is 16.1. The molecule has 1 atom stereocenters. The first-order valence-electron chi connectivity index (χ1n) is 7.96. The highest BCUT2D eigenvalue weighted by atomic mass is 127. The first-order valence-corrected chi connectivity index (χ1v) is 9.04. The molecule has 0 bridgehead atoms. The standard InChI is InChI=1S/C19H17IN4O/c1-12-21-19-22-17(13-3-7-15(20)8-4-13)11-18(24(19)23-12)14-5-9-16(25-2)10-6-14/h3-11,18H,1-2H3,(H,21,22,23)/t18-/m0/s1. The number of rotatable bonds is 3. The molecule has 0 aliphatic carbocycles. The topological polar surface area (TPSA) is 52.0 Å². The molecule has 4 rings (SSSR count). The molecule has 1 aliphatic rings. The molecule has 1 aliphatic heterocycles. The van der Waals surface area contributed by atoms with Crippen LogP contribution in [0.4, 0.5) is 5.95 Å². The third-order valence-corrected chi connectivity index (χ3v) is 4.90. The maximum Gasteiger partial charge on any atom is 0.226 e. The van der Waals surface area contributed by atoms with Gasteiger partial charge < -0.3 is 10.1 Å². The quantitative estimate of drug-likeness (QED) is 0.614. The zero-order chi connectivity index (χ0) is 17.4. The van der Waals surface area contributed by atoms with Crippen molar-refractivity contribution in [2.75, 3.05) is 12.4 Å². The molecule has 0 amide bonds. The third-order valence-electron chi connectivity index (χ3n) is 4.18. The molecule has 0 saturated carbocycles. The molecule has 3 aromatic rings. The second kappa shape index (κ2) is 6.51. The Labute approximate surface area is 159 Å². The minimum Gasteiger partial charge on any atom is -0.497 e. The number of benzene rings is 2. The molecule has 126 valence electrons. The molecule has 25 heavy (non-hydrogen) atoms. The van der Waals surface area contributed by atoms with Gasteiger partial charge in [0.2, 0.25) is 5.95 Å². The number of hydrogen-bond acceptors (Lipinski definition) is 4. The van der Waals surface area contributed by atoms with Crippen molar-refractivity contribution in [3.05, 3.63) is 75.1 Å². The van der Waals surface area contributed by atoms with Crippen LogP contribution in [0.25, 0.3) is 5.70 Å². The van der Waals surface area contributed by atoms with Gasteiger partial charge in [-0.2, -0.15) is 10.1 Å². The average molecular weight is 444 g/mol. The molecule has 0 unspecified atom stereocenters. The van der Waals surface area contributed by atoms with Gasteiger partial charge in [0.1, 0.15) is 17.6 Å². The van der Waals surface area contributed by atoms with E-state index in [4.69, 9.17) is 4.74 Å². The van der Waals surface area contributed by atoms with E-state index < -0.39 is 0 Å². The number of hydrogen-bond donors (Lipinski definition) is 1. The van der Waals surface area contributed by atoms with E-state index in [9.17, 15) is 0 Å². The lowest BCUT2D eigenvalue weighted by Gasteiger charge is -2.24. The van der Waals surface area contributed by atoms with E-state index in [0.29, 0.717) is 0 Å². The molecule has 0 saturated heterocycles. The number of anilines is 1. The molecular weight excluding hydrogens is 427 g/mol. The van der Waals surface area contributed by atoms with Gasteiger partial charge in [-0.3, -0.25) is 0 Å². The number of aromatic nitrogens is 3. The zero-order valence-electron chi connectivity index (χ0n) is 13.9. The van der Waals surface area contributed by atoms with Crippen LogP contribution in [0.5, 0.6) is 5.75 Å². The van der Waals surface area contributed by atoms with Crippen molar-refractivity contribution in [2.24, 2.45) is 0 Å². The third kappa shape index (κ3) is 3.13. The second-order valence-corrected chi connectivity index (χ2v) is 7.10. The SMILES string of the molecule is COc1ccc([C@@H]2C=C(c3ccc(I)cc3)Nc3nc(C)nn32)cc1. The summed E-state index contributed by atoms with van der Waals surface area (Å²) in [5, 5.41) is 7.96. The highest BCUT2D eigenvalue weighted by molar-refractivity contribution is 14.1. The Morgan fingerprint density at radius 1 is 1.08 bits per heavy atom. The van der Waals surface area contributed by atoms with Gasteiger partial charge in [-0.05, 0) is 71.0 Å². The van der Waals surface area contributed by atoms with Crippen LogP contribution in [0.2, 0.25) is 0 Å². The normalized spacial score (nSPS) is 16.0. The molecule has 2 heterocycles. The highest BCUT2D eigenvalue weighted by Gasteiger charge is 2.24. The lowest BCUT2D eigenvalue weighted by Crippen LogP contribution is -2.20. The fraction of sp³-hybridized carbons (Fsp3) is 0.158. The molecule has 6 heteroatoms. The maximum absolute atomic E-state index is 5.27. The average Bonchev–Trinajstić information content (AvgIpc) is 3.01. The van der Waals surface area contributed by atoms with Crippen LogP contribution < -0.4 is 10.1 Å². The number of nitrogens with one attached hydrogen (secondary N) is 1. The molecule has 0 fully saturated rings. The van der Waals surface area contributed by atoms with Crippen molar-refractivity contribution < 1.29 is 4.74 Å². The van der Waals surface area contributed by atoms with E-state index in [-0.39, 0.29) is 6.04 Å². The van der Waals surface area contributed by atoms with Gasteiger partial charge in [-0.25, -0.2) is 4.68 Å². The Balaban J connectivity index is 1.79. The van der Waals surface area contributed by atoms with Gasteiger partial charge in [-0.1, -0.05) is 24.3 Å². The second-order valence-electron chi connectivity index (χ2n) is 5.86. The van der Waals surface area contributed by atoms with Gasteiger partial charge in [0, 0.05) is 9.27 Å². The highest BCUT2D eigenvalue weighted by Crippen LogP contribution is 2.33. The number of methoxy groups -OCH3 is 1. The van der Waals surface area contributed by atoms with Crippen molar-refractivity contribution in [2.45, 2.75) is 13.0 Å². The van der Waals surface area contributed by atoms with Gasteiger partial charge in [-0.15, -0.1) is 0 Å². The summed E-state index contributed by atoms with van der Waals surface area (Å²) < 4.78 is 8.40. The Morgan fingerprint density at radius 2 is 1.80 bits per heavy atom. The van der Waals surface area contributed by atoms with Gasteiger partial charge in [0.15, 0.2) is 0 Å². The van der Waals surface area contributed by atoms with E-state index in [2.05, 4.69) is 80.5 Å². The fourth-order valence-corrected chi connectivity index (χ4v) is 3.30. The molecule has 0 spiro atoms. The van der Waals surface area contributed by atoms with Crippen molar-refractivity contribution in [1.29, 1.82) is 0 Å². The summed E-state index contributed by atoms with van der Waals surface area (Å²) in [6.45, 7) is 1.91. The van der Waals surface area contributed by atoms with Crippen molar-refractivity contribution >= 4 is 34.2 Å². The van der Waals surface area contributed by atoms with Crippen LogP contribution in [0.15, 0.2) is 54.6 Å². The minimum atomic E-state index is -0.0161. The maximum atomic E-state index is 5.27. The van der Waals surface area contributed by atoms with E-state index in [0.717, 1.165) is 34.3 Å². The Hall–Kier alpha value is -2.35. The number of ether oxygens (including phenoxy) is 1. The van der Waals surface area contributed by atoms with E-state index in [1.165, 1.54) is 3.57 Å². The summed E-state index contributed by atoms with van der Waals surface area (Å²) in [6, 6.07) is 16.5. The Bertz CT molecular complexity index is 929. The van der Waals surface area contributed by atoms with Gasteiger partial charge in [0.25, 0.3) is 0 Å². The largest absolute Gasteiger partial charge is 0.497 e. The van der Waals surface area contributed by atoms with Crippen LogP contribution in [0.3, 0.4) is 0 Å². The molecule has 2 aromatic carbocycles. The monoisotopic (exact) mass is 444 g/mol. The smallest absolute Gasteiger partial charge is 0.226 e. The lowest BCUT2D eigenvalue weighted by atomic mass is 10.0. The predicted molar refractivity (Wildman–Crippen MR) is 107 cm³/mol. The predicted octanol–water partition coefficient (Wildman–Crippen LogP) is 4.26. The van der Waals surface area contributed by atoms with Crippen molar-refractivity contribution in [1.82, 2.24) is 14.8 Å². The first-order chi connectivity index (χ1) is 12.1. The number of halogens is 1. The zero-order valence-corrected chi connectivity index (χ0v) is 16.1. The molecular formula is C19H17IN4O. The number of nitrogens with zero attached hydrogens (tertiary/aromatic N) is 3. The summed E-state index contributed by atoms with van der Waals surface area (Å²) >= 11 is 2.31. The van der Waals surface area contributed by atoms with Crippen LogP contribution in [-0.4, -0.2) is 21.9 Å². The van der Waals surface area contributed by atoms with Crippen LogP contribution in [-0.2, 0) is 0 Å². The number of fused-ring (bicyclic) bond motifs is 1. The van der Waals surface area contributed by atoms with Gasteiger partial charge >= 0.3 is 0 Å². The minimum absolute atomic E-state index is 0.0161. The summed E-state index contributed by atoms with van der Waals surface area (Å²) in [5.74, 6) is 2.35. The molecule has 5 nitrogen and oxygen atoms in total. The Morgan fingerprint density at radius 3 is 2.48 bits per heavy atom. The summed E-state index contributed by atoms with van der Waals surface area (Å²) in [7, 11) is 1.67. The van der Waals surface area contributed by atoms with E-state index in [1.807, 2.05) is 23.7 Å². The van der Waals surface area contributed by atoms with Crippen LogP contribution in [0, 0.1) is 10.5 Å². The number of allylic oxidation sites excluding steroid dienone is 1. The van der Waals surface area contributed by atoms with E-state index in [1.54, 1.807) is 7.11 Å². The van der Waals surface area contributed by atoms with Crippen molar-refractivity contribution in [3.8, 4) is 5.75 Å². The fourth-order valence-electron chi connectivity index (χ4n) is 2.94. The van der Waals surface area contributed by atoms with Crippen LogP contribution in [0.1, 0.15) is 23.0 Å². The Kier molecular flexibility index (Phi) is 4.20. The summed E-state index contributed by atoms with van der Waals surface area (Å²) in [6.07, 6.45) is 2.19. The lowest BCUT2D eigenvalue weighted by molar-refractivity contribution is 0.414. The molecule has 1 N–H and O–H groups in total. The molecule has 1 aromatic heterocycles. The van der Waals surface area contributed by atoms with Gasteiger partial charge in [0.05, 0.1) is 7.11 Å². The summed E-state index contributed by atoms with van der Waals surface area (Å²) in [5.41, 5.74) is 3.31. The molecule has 0 radical (unpaired) electrons. The van der Waals surface area contributed by atoms with Crippen LogP contribution >= 0.6 is 22.6 Å².